The third-order valence-corrected chi connectivity index (χ3v) is 5.69. The minimum Gasteiger partial charge on any atom is -0.307 e. The third-order valence-electron chi connectivity index (χ3n) is 4.60. The number of nitrogens with zero attached hydrogens (tertiary/aromatic N) is 4. The number of aromatic nitrogens is 3. The summed E-state index contributed by atoms with van der Waals surface area (Å²) < 4.78 is 1.89. The van der Waals surface area contributed by atoms with Gasteiger partial charge in [0.25, 0.3) is 5.56 Å². The van der Waals surface area contributed by atoms with E-state index in [2.05, 4.69) is 16.5 Å². The van der Waals surface area contributed by atoms with Crippen LogP contribution in [0.3, 0.4) is 0 Å². The van der Waals surface area contributed by atoms with E-state index in [4.69, 9.17) is 0 Å². The molecule has 4 aromatic rings. The van der Waals surface area contributed by atoms with E-state index < -0.39 is 6.04 Å². The van der Waals surface area contributed by atoms with Gasteiger partial charge in [0.1, 0.15) is 15.6 Å². The van der Waals surface area contributed by atoms with Crippen LogP contribution in [0.25, 0.3) is 20.4 Å². The fraction of sp³-hybridized carbons (Fsp3) is 0.143. The Hall–Kier alpha value is -3.32. The van der Waals surface area contributed by atoms with Crippen molar-refractivity contribution in [1.82, 2.24) is 14.5 Å². The first-order valence-electron chi connectivity index (χ1n) is 8.83. The molecule has 3 heterocycles. The SMILES string of the molecule is C=CCN(C(=O)[C@H](C)n1cnc2c(sc3ncccc32)c1=O)c1ccccc1. The molecule has 0 aliphatic heterocycles. The Bertz CT molecular complexity index is 1230. The topological polar surface area (TPSA) is 68.1 Å². The molecule has 4 rings (SSSR count). The van der Waals surface area contributed by atoms with Crippen LogP contribution in [0.1, 0.15) is 13.0 Å². The molecule has 6 nitrogen and oxygen atoms in total. The van der Waals surface area contributed by atoms with Gasteiger partial charge in [0.2, 0.25) is 5.91 Å². The maximum Gasteiger partial charge on any atom is 0.272 e. The number of benzene rings is 1. The molecule has 7 heteroatoms. The lowest BCUT2D eigenvalue weighted by Gasteiger charge is -2.25. The highest BCUT2D eigenvalue weighted by Gasteiger charge is 2.24. The van der Waals surface area contributed by atoms with E-state index in [0.29, 0.717) is 16.8 Å². The lowest BCUT2D eigenvalue weighted by Crippen LogP contribution is -2.39. The van der Waals surface area contributed by atoms with Crippen LogP contribution in [0.2, 0.25) is 0 Å². The standard InChI is InChI=1S/C21H18N4O2S/c1-3-12-24(15-8-5-4-6-9-15)20(26)14(2)25-13-23-17-16-10-7-11-22-19(16)28-18(17)21(25)27/h3-11,13-14H,1,12H2,2H3/t14-/m0/s1. The molecule has 0 saturated heterocycles. The number of carbonyl (C=O) groups is 1. The van der Waals surface area contributed by atoms with Crippen LogP contribution in [0.4, 0.5) is 5.69 Å². The number of anilines is 1. The summed E-state index contributed by atoms with van der Waals surface area (Å²) in [6.45, 7) is 5.80. The smallest absolute Gasteiger partial charge is 0.272 e. The van der Waals surface area contributed by atoms with Crippen LogP contribution in [0, 0.1) is 0 Å². The Morgan fingerprint density at radius 1 is 1.25 bits per heavy atom. The normalized spacial score (nSPS) is 12.2. The zero-order valence-electron chi connectivity index (χ0n) is 15.3. The summed E-state index contributed by atoms with van der Waals surface area (Å²) in [4.78, 5) is 37.4. The van der Waals surface area contributed by atoms with Gasteiger partial charge in [-0.15, -0.1) is 17.9 Å². The van der Waals surface area contributed by atoms with Crippen molar-refractivity contribution in [2.75, 3.05) is 11.4 Å². The summed E-state index contributed by atoms with van der Waals surface area (Å²) in [5.74, 6) is -0.200. The number of hydrogen-bond acceptors (Lipinski definition) is 5. The highest BCUT2D eigenvalue weighted by molar-refractivity contribution is 7.25. The summed E-state index contributed by atoms with van der Waals surface area (Å²) in [6, 6.07) is 12.4. The van der Waals surface area contributed by atoms with Crippen molar-refractivity contribution in [3.8, 4) is 0 Å². The van der Waals surface area contributed by atoms with Crippen LogP contribution >= 0.6 is 11.3 Å². The number of pyridine rings is 1. The van der Waals surface area contributed by atoms with Gasteiger partial charge in [-0.3, -0.25) is 14.2 Å². The Balaban J connectivity index is 1.77. The van der Waals surface area contributed by atoms with E-state index >= 15 is 0 Å². The lowest BCUT2D eigenvalue weighted by atomic mass is 10.2. The average molecular weight is 390 g/mol. The van der Waals surface area contributed by atoms with Gasteiger partial charge in [-0.25, -0.2) is 9.97 Å². The molecule has 140 valence electrons. The quantitative estimate of drug-likeness (QED) is 0.486. The highest BCUT2D eigenvalue weighted by Crippen LogP contribution is 2.28. The molecule has 1 atom stereocenters. The van der Waals surface area contributed by atoms with E-state index in [1.165, 1.54) is 22.2 Å². The molecule has 0 bridgehead atoms. The summed E-state index contributed by atoms with van der Waals surface area (Å²) in [7, 11) is 0. The van der Waals surface area contributed by atoms with E-state index in [1.54, 1.807) is 24.1 Å². The second-order valence-corrected chi connectivity index (χ2v) is 7.34. The Morgan fingerprint density at radius 2 is 2.04 bits per heavy atom. The minimum absolute atomic E-state index is 0.200. The van der Waals surface area contributed by atoms with Crippen molar-refractivity contribution in [2.45, 2.75) is 13.0 Å². The molecular formula is C21H18N4O2S. The molecule has 0 radical (unpaired) electrons. The predicted molar refractivity (Wildman–Crippen MR) is 113 cm³/mol. The fourth-order valence-corrected chi connectivity index (χ4v) is 4.20. The summed E-state index contributed by atoms with van der Waals surface area (Å²) in [5, 5.41) is 0.850. The van der Waals surface area contributed by atoms with Crippen molar-refractivity contribution in [3.05, 3.63) is 78.0 Å². The fourth-order valence-electron chi connectivity index (χ4n) is 3.16. The van der Waals surface area contributed by atoms with Crippen LogP contribution < -0.4 is 10.5 Å². The Morgan fingerprint density at radius 3 is 2.79 bits per heavy atom. The lowest BCUT2D eigenvalue weighted by molar-refractivity contribution is -0.121. The van der Waals surface area contributed by atoms with Crippen molar-refractivity contribution in [1.29, 1.82) is 0 Å². The number of carbonyl (C=O) groups excluding carboxylic acids is 1. The molecule has 3 aromatic heterocycles. The second kappa shape index (κ2) is 7.36. The molecular weight excluding hydrogens is 372 g/mol. The summed E-state index contributed by atoms with van der Waals surface area (Å²) in [5.41, 5.74) is 1.15. The van der Waals surface area contributed by atoms with Crippen molar-refractivity contribution >= 4 is 43.4 Å². The summed E-state index contributed by atoms with van der Waals surface area (Å²) >= 11 is 1.30. The first-order chi connectivity index (χ1) is 13.6. The molecule has 0 N–H and O–H groups in total. The molecule has 0 aliphatic carbocycles. The number of rotatable bonds is 5. The number of amides is 1. The zero-order valence-corrected chi connectivity index (χ0v) is 16.1. The highest BCUT2D eigenvalue weighted by atomic mass is 32.1. The number of hydrogen-bond donors (Lipinski definition) is 0. The second-order valence-electron chi connectivity index (χ2n) is 6.34. The summed E-state index contributed by atoms with van der Waals surface area (Å²) in [6.07, 6.45) is 4.80. The van der Waals surface area contributed by atoms with Crippen LogP contribution in [-0.2, 0) is 4.79 Å². The molecule has 0 spiro atoms. The van der Waals surface area contributed by atoms with Crippen molar-refractivity contribution in [2.24, 2.45) is 0 Å². The molecule has 0 aliphatic rings. The minimum atomic E-state index is -0.706. The van der Waals surface area contributed by atoms with Crippen molar-refractivity contribution in [3.63, 3.8) is 0 Å². The van der Waals surface area contributed by atoms with Gasteiger partial charge < -0.3 is 4.90 Å². The van der Waals surface area contributed by atoms with E-state index in [1.807, 2.05) is 42.5 Å². The molecule has 1 aromatic carbocycles. The van der Waals surface area contributed by atoms with Gasteiger partial charge in [-0.1, -0.05) is 24.3 Å². The number of para-hydroxylation sites is 1. The molecule has 1 amide bonds. The van der Waals surface area contributed by atoms with Crippen molar-refractivity contribution < 1.29 is 4.79 Å². The number of fused-ring (bicyclic) bond motifs is 3. The first kappa shape index (κ1) is 18.1. The predicted octanol–water partition coefficient (Wildman–Crippen LogP) is 3.79. The number of thiophene rings is 1. The van der Waals surface area contributed by atoms with Crippen LogP contribution in [0.5, 0.6) is 0 Å². The Labute approximate surface area is 165 Å². The van der Waals surface area contributed by atoms with Crippen LogP contribution in [-0.4, -0.2) is 27.0 Å². The maximum atomic E-state index is 13.2. The maximum absolute atomic E-state index is 13.2. The van der Waals surface area contributed by atoms with Gasteiger partial charge in [0, 0.05) is 23.8 Å². The molecule has 0 fully saturated rings. The van der Waals surface area contributed by atoms with E-state index in [0.717, 1.165) is 15.9 Å². The van der Waals surface area contributed by atoms with E-state index in [-0.39, 0.29) is 11.5 Å². The largest absolute Gasteiger partial charge is 0.307 e. The first-order valence-corrected chi connectivity index (χ1v) is 9.65. The average Bonchev–Trinajstić information content (AvgIpc) is 3.12. The van der Waals surface area contributed by atoms with Gasteiger partial charge in [0.15, 0.2) is 0 Å². The zero-order chi connectivity index (χ0) is 19.7. The van der Waals surface area contributed by atoms with Gasteiger partial charge in [0.05, 0.1) is 11.8 Å². The van der Waals surface area contributed by atoms with Gasteiger partial charge in [-0.2, -0.15) is 0 Å². The molecule has 0 unspecified atom stereocenters. The Kier molecular flexibility index (Phi) is 4.75. The molecule has 0 saturated carbocycles. The van der Waals surface area contributed by atoms with Gasteiger partial charge >= 0.3 is 0 Å². The van der Waals surface area contributed by atoms with Gasteiger partial charge in [-0.05, 0) is 31.2 Å². The monoisotopic (exact) mass is 390 g/mol. The van der Waals surface area contributed by atoms with Crippen LogP contribution in [0.15, 0.2) is 72.4 Å². The third kappa shape index (κ3) is 2.99. The van der Waals surface area contributed by atoms with E-state index in [9.17, 15) is 9.59 Å². The molecule has 28 heavy (non-hydrogen) atoms.